The third-order valence-corrected chi connectivity index (χ3v) is 3.14. The van der Waals surface area contributed by atoms with E-state index in [0.717, 1.165) is 31.6 Å². The van der Waals surface area contributed by atoms with Gasteiger partial charge < -0.3 is 10.6 Å². The van der Waals surface area contributed by atoms with E-state index in [1.807, 2.05) is 0 Å². The number of likely N-dealkylation sites (N-methyl/N-ethyl adjacent to an activating group) is 1. The van der Waals surface area contributed by atoms with E-state index in [1.54, 1.807) is 13.3 Å². The van der Waals surface area contributed by atoms with Gasteiger partial charge in [-0.2, -0.15) is 0 Å². The highest BCUT2D eigenvalue weighted by Crippen LogP contribution is 2.15. The summed E-state index contributed by atoms with van der Waals surface area (Å²) in [4.78, 5) is 20.1. The SMILES string of the molecule is CNC(=O)C1CN=C(C2CCNCC2)C=N1. The third-order valence-electron chi connectivity index (χ3n) is 3.14. The Bertz CT molecular complexity index is 318. The first-order valence-electron chi connectivity index (χ1n) is 5.81. The molecule has 1 atom stereocenters. The molecule has 2 heterocycles. The zero-order chi connectivity index (χ0) is 11.4. The first kappa shape index (κ1) is 11.3. The molecule has 0 saturated carbocycles. The lowest BCUT2D eigenvalue weighted by Gasteiger charge is -2.24. The van der Waals surface area contributed by atoms with E-state index in [9.17, 15) is 4.79 Å². The van der Waals surface area contributed by atoms with Gasteiger partial charge in [-0.15, -0.1) is 0 Å². The van der Waals surface area contributed by atoms with E-state index in [4.69, 9.17) is 0 Å². The fraction of sp³-hybridized carbons (Fsp3) is 0.727. The van der Waals surface area contributed by atoms with Gasteiger partial charge in [0, 0.05) is 19.2 Å². The summed E-state index contributed by atoms with van der Waals surface area (Å²) < 4.78 is 0. The van der Waals surface area contributed by atoms with Crippen LogP contribution in [0, 0.1) is 5.92 Å². The Morgan fingerprint density at radius 3 is 2.81 bits per heavy atom. The summed E-state index contributed by atoms with van der Waals surface area (Å²) >= 11 is 0. The Labute approximate surface area is 95.4 Å². The van der Waals surface area contributed by atoms with Gasteiger partial charge >= 0.3 is 0 Å². The van der Waals surface area contributed by atoms with Crippen LogP contribution in [0.2, 0.25) is 0 Å². The van der Waals surface area contributed by atoms with Crippen LogP contribution < -0.4 is 10.6 Å². The zero-order valence-electron chi connectivity index (χ0n) is 9.57. The first-order valence-corrected chi connectivity index (χ1v) is 5.81. The van der Waals surface area contributed by atoms with Crippen molar-refractivity contribution in [3.8, 4) is 0 Å². The molecule has 1 unspecified atom stereocenters. The Hall–Kier alpha value is -1.23. The van der Waals surface area contributed by atoms with Crippen LogP contribution in [0.1, 0.15) is 12.8 Å². The van der Waals surface area contributed by atoms with Crippen LogP contribution in [0.15, 0.2) is 9.98 Å². The Kier molecular flexibility index (Phi) is 3.66. The predicted molar refractivity (Wildman–Crippen MR) is 64.2 cm³/mol. The molecule has 2 rings (SSSR count). The molecule has 5 heteroatoms. The monoisotopic (exact) mass is 222 g/mol. The molecule has 2 aliphatic heterocycles. The fourth-order valence-electron chi connectivity index (χ4n) is 2.12. The highest BCUT2D eigenvalue weighted by atomic mass is 16.2. The Morgan fingerprint density at radius 2 is 2.25 bits per heavy atom. The van der Waals surface area contributed by atoms with Crippen LogP contribution in [0.5, 0.6) is 0 Å². The minimum atomic E-state index is -0.324. The summed E-state index contributed by atoms with van der Waals surface area (Å²) in [5.41, 5.74) is 1.07. The van der Waals surface area contributed by atoms with E-state index in [0.29, 0.717) is 12.5 Å². The van der Waals surface area contributed by atoms with Crippen molar-refractivity contribution in [3.05, 3.63) is 0 Å². The maximum Gasteiger partial charge on any atom is 0.246 e. The van der Waals surface area contributed by atoms with Crippen molar-refractivity contribution < 1.29 is 4.79 Å². The molecule has 88 valence electrons. The second kappa shape index (κ2) is 5.21. The van der Waals surface area contributed by atoms with Crippen molar-refractivity contribution in [3.63, 3.8) is 0 Å². The molecule has 1 saturated heterocycles. The second-order valence-electron chi connectivity index (χ2n) is 4.20. The van der Waals surface area contributed by atoms with Crippen molar-refractivity contribution in [2.24, 2.45) is 15.9 Å². The molecule has 5 nitrogen and oxygen atoms in total. The second-order valence-corrected chi connectivity index (χ2v) is 4.20. The molecule has 0 aromatic carbocycles. The maximum absolute atomic E-state index is 11.3. The molecule has 0 aliphatic carbocycles. The Balaban J connectivity index is 1.93. The summed E-state index contributed by atoms with van der Waals surface area (Å²) in [7, 11) is 1.63. The van der Waals surface area contributed by atoms with Crippen molar-refractivity contribution >= 4 is 17.8 Å². The molecule has 1 amide bonds. The van der Waals surface area contributed by atoms with Crippen LogP contribution in [0.3, 0.4) is 0 Å². The first-order chi connectivity index (χ1) is 7.81. The van der Waals surface area contributed by atoms with Gasteiger partial charge in [-0.05, 0) is 25.9 Å². The largest absolute Gasteiger partial charge is 0.357 e. The predicted octanol–water partition coefficient (Wildman–Crippen LogP) is -0.374. The van der Waals surface area contributed by atoms with Crippen molar-refractivity contribution in [2.75, 3.05) is 26.7 Å². The lowest BCUT2D eigenvalue weighted by molar-refractivity contribution is -0.121. The third kappa shape index (κ3) is 2.47. The Morgan fingerprint density at radius 1 is 1.50 bits per heavy atom. The van der Waals surface area contributed by atoms with E-state index < -0.39 is 0 Å². The number of piperidine rings is 1. The maximum atomic E-state index is 11.3. The molecule has 1 fully saturated rings. The molecular formula is C11H18N4O. The minimum Gasteiger partial charge on any atom is -0.357 e. The number of rotatable bonds is 2. The lowest BCUT2D eigenvalue weighted by Crippen LogP contribution is -2.38. The van der Waals surface area contributed by atoms with Crippen LogP contribution in [-0.4, -0.2) is 50.6 Å². The average Bonchev–Trinajstić information content (AvgIpc) is 2.39. The lowest BCUT2D eigenvalue weighted by atomic mass is 9.93. The summed E-state index contributed by atoms with van der Waals surface area (Å²) in [5.74, 6) is 0.472. The topological polar surface area (TPSA) is 65.8 Å². The number of hydrogen-bond acceptors (Lipinski definition) is 4. The number of nitrogens with zero attached hydrogens (tertiary/aromatic N) is 2. The highest BCUT2D eigenvalue weighted by molar-refractivity contribution is 6.32. The van der Waals surface area contributed by atoms with Gasteiger partial charge in [-0.25, -0.2) is 0 Å². The summed E-state index contributed by atoms with van der Waals surface area (Å²) in [5, 5.41) is 5.92. The molecule has 0 aromatic rings. The minimum absolute atomic E-state index is 0.0515. The number of carbonyl (C=O) groups is 1. The smallest absolute Gasteiger partial charge is 0.246 e. The van der Waals surface area contributed by atoms with Crippen LogP contribution >= 0.6 is 0 Å². The van der Waals surface area contributed by atoms with Gasteiger partial charge in [-0.1, -0.05) is 0 Å². The van der Waals surface area contributed by atoms with Crippen LogP contribution in [0.25, 0.3) is 0 Å². The standard InChI is InChI=1S/C11H18N4O/c1-12-11(16)10-7-14-9(6-15-10)8-2-4-13-5-3-8/h6,8,10,13H,2-5,7H2,1H3,(H,12,16). The number of aliphatic imine (C=N–C) groups is 2. The molecule has 2 N–H and O–H groups in total. The number of amides is 1. The summed E-state index contributed by atoms with van der Waals surface area (Å²) in [6, 6.07) is -0.324. The fourth-order valence-corrected chi connectivity index (χ4v) is 2.12. The molecule has 0 spiro atoms. The number of nitrogens with one attached hydrogen (secondary N) is 2. The van der Waals surface area contributed by atoms with E-state index in [2.05, 4.69) is 20.6 Å². The normalized spacial score (nSPS) is 26.3. The van der Waals surface area contributed by atoms with Crippen LogP contribution in [0.4, 0.5) is 0 Å². The molecule has 0 radical (unpaired) electrons. The highest BCUT2D eigenvalue weighted by Gasteiger charge is 2.23. The van der Waals surface area contributed by atoms with Gasteiger partial charge in [0.2, 0.25) is 5.91 Å². The van der Waals surface area contributed by atoms with Gasteiger partial charge in [-0.3, -0.25) is 14.8 Å². The van der Waals surface area contributed by atoms with Gasteiger partial charge in [0.25, 0.3) is 0 Å². The van der Waals surface area contributed by atoms with E-state index >= 15 is 0 Å². The quantitative estimate of drug-likeness (QED) is 0.669. The molecule has 0 aromatic heterocycles. The van der Waals surface area contributed by atoms with Crippen molar-refractivity contribution in [1.29, 1.82) is 0 Å². The number of hydrogen-bond donors (Lipinski definition) is 2. The van der Waals surface area contributed by atoms with Crippen LogP contribution in [-0.2, 0) is 4.79 Å². The molecular weight excluding hydrogens is 204 g/mol. The molecule has 0 bridgehead atoms. The van der Waals surface area contributed by atoms with Gasteiger partial charge in [0.1, 0.15) is 6.04 Å². The van der Waals surface area contributed by atoms with E-state index in [-0.39, 0.29) is 11.9 Å². The van der Waals surface area contributed by atoms with Crippen molar-refractivity contribution in [2.45, 2.75) is 18.9 Å². The summed E-state index contributed by atoms with van der Waals surface area (Å²) in [6.45, 7) is 2.60. The summed E-state index contributed by atoms with van der Waals surface area (Å²) in [6.07, 6.45) is 4.03. The van der Waals surface area contributed by atoms with Crippen molar-refractivity contribution in [1.82, 2.24) is 10.6 Å². The zero-order valence-corrected chi connectivity index (χ0v) is 9.57. The number of carbonyl (C=O) groups excluding carboxylic acids is 1. The van der Waals surface area contributed by atoms with Gasteiger partial charge in [0.15, 0.2) is 0 Å². The average molecular weight is 222 g/mol. The van der Waals surface area contributed by atoms with E-state index in [1.165, 1.54) is 0 Å². The van der Waals surface area contributed by atoms with Gasteiger partial charge in [0.05, 0.1) is 12.3 Å². The molecule has 2 aliphatic rings. The molecule has 16 heavy (non-hydrogen) atoms.